The van der Waals surface area contributed by atoms with Crippen LogP contribution in [0.25, 0.3) is 0 Å². The van der Waals surface area contributed by atoms with Gasteiger partial charge in [0.1, 0.15) is 25.5 Å². The number of imidazole rings is 1. The Hall–Kier alpha value is -3.24. The summed E-state index contributed by atoms with van der Waals surface area (Å²) in [6.45, 7) is 1.54. The summed E-state index contributed by atoms with van der Waals surface area (Å²) in [5.41, 5.74) is 3.48. The molecule has 0 fully saturated rings. The van der Waals surface area contributed by atoms with Crippen LogP contribution in [-0.2, 0) is 13.1 Å². The van der Waals surface area contributed by atoms with E-state index < -0.39 is 0 Å². The average molecular weight is 385 g/mol. The predicted molar refractivity (Wildman–Crippen MR) is 117 cm³/mol. The molecule has 3 aromatic carbocycles. The van der Waals surface area contributed by atoms with Crippen molar-refractivity contribution in [3.63, 3.8) is 0 Å². The SMILES string of the molecule is S=C(Nc1ccccc1)c1n(Cc2ccccc2)cc[n+]1Cc1ccccc1. The number of hydrogen-bond acceptors (Lipinski definition) is 1. The van der Waals surface area contributed by atoms with E-state index >= 15 is 0 Å². The van der Waals surface area contributed by atoms with Gasteiger partial charge in [0.15, 0.2) is 4.99 Å². The maximum Gasteiger partial charge on any atom is 0.317 e. The lowest BCUT2D eigenvalue weighted by atomic mass is 10.2. The summed E-state index contributed by atoms with van der Waals surface area (Å²) in [6.07, 6.45) is 4.20. The third-order valence-electron chi connectivity index (χ3n) is 4.60. The molecule has 0 aliphatic rings. The van der Waals surface area contributed by atoms with Crippen LogP contribution in [-0.4, -0.2) is 9.56 Å². The van der Waals surface area contributed by atoms with Gasteiger partial charge in [-0.05, 0) is 23.3 Å². The standard InChI is InChI=1S/C24H21N3S/c28-23(25-22-14-8-3-9-15-22)24-26(18-20-10-4-1-5-11-20)16-17-27(24)19-21-12-6-2-7-13-21/h1-17H,18-19H2/p+1. The van der Waals surface area contributed by atoms with Crippen LogP contribution in [0, 0.1) is 0 Å². The van der Waals surface area contributed by atoms with Crippen LogP contribution in [0.4, 0.5) is 5.69 Å². The first-order chi connectivity index (χ1) is 13.8. The average Bonchev–Trinajstić information content (AvgIpc) is 3.12. The van der Waals surface area contributed by atoms with E-state index in [0.717, 1.165) is 24.6 Å². The molecule has 0 saturated heterocycles. The second-order valence-corrected chi connectivity index (χ2v) is 7.08. The zero-order chi connectivity index (χ0) is 19.2. The summed E-state index contributed by atoms with van der Waals surface area (Å²) in [6, 6.07) is 31.0. The number of nitrogens with one attached hydrogen (secondary N) is 1. The highest BCUT2D eigenvalue weighted by molar-refractivity contribution is 7.81. The molecule has 4 rings (SSSR count). The van der Waals surface area contributed by atoms with E-state index in [1.165, 1.54) is 11.1 Å². The van der Waals surface area contributed by atoms with Gasteiger partial charge in [-0.3, -0.25) is 0 Å². The fraction of sp³-hybridized carbons (Fsp3) is 0.0833. The highest BCUT2D eigenvalue weighted by atomic mass is 32.1. The normalized spacial score (nSPS) is 10.6. The largest absolute Gasteiger partial charge is 0.340 e. The quantitative estimate of drug-likeness (QED) is 0.386. The van der Waals surface area contributed by atoms with Gasteiger partial charge in [-0.25, -0.2) is 9.13 Å². The zero-order valence-electron chi connectivity index (χ0n) is 15.5. The van der Waals surface area contributed by atoms with Crippen molar-refractivity contribution in [1.82, 2.24) is 4.57 Å². The molecule has 3 nitrogen and oxygen atoms in total. The van der Waals surface area contributed by atoms with Crippen molar-refractivity contribution in [3.05, 3.63) is 120 Å². The molecule has 0 aliphatic carbocycles. The maximum atomic E-state index is 5.81. The number of anilines is 1. The van der Waals surface area contributed by atoms with Gasteiger partial charge in [0, 0.05) is 5.69 Å². The Kier molecular flexibility index (Phi) is 5.59. The summed E-state index contributed by atoms with van der Waals surface area (Å²) < 4.78 is 4.41. The molecule has 0 atom stereocenters. The van der Waals surface area contributed by atoms with Crippen molar-refractivity contribution in [2.24, 2.45) is 0 Å². The van der Waals surface area contributed by atoms with E-state index in [1.807, 2.05) is 42.5 Å². The minimum absolute atomic E-state index is 0.711. The molecule has 1 heterocycles. The van der Waals surface area contributed by atoms with Crippen molar-refractivity contribution < 1.29 is 4.57 Å². The monoisotopic (exact) mass is 384 g/mol. The summed E-state index contributed by atoms with van der Waals surface area (Å²) >= 11 is 5.81. The second kappa shape index (κ2) is 8.63. The van der Waals surface area contributed by atoms with Crippen molar-refractivity contribution in [1.29, 1.82) is 0 Å². The van der Waals surface area contributed by atoms with E-state index in [9.17, 15) is 0 Å². The van der Waals surface area contributed by atoms with Gasteiger partial charge < -0.3 is 5.32 Å². The van der Waals surface area contributed by atoms with Gasteiger partial charge in [-0.15, -0.1) is 0 Å². The van der Waals surface area contributed by atoms with Crippen LogP contribution >= 0.6 is 12.2 Å². The van der Waals surface area contributed by atoms with Gasteiger partial charge in [-0.1, -0.05) is 91.1 Å². The Labute approximate surface area is 170 Å². The van der Waals surface area contributed by atoms with Crippen LogP contribution in [0.5, 0.6) is 0 Å². The van der Waals surface area contributed by atoms with E-state index in [-0.39, 0.29) is 0 Å². The topological polar surface area (TPSA) is 20.8 Å². The smallest absolute Gasteiger partial charge is 0.317 e. The molecule has 0 amide bonds. The molecule has 4 aromatic rings. The highest BCUT2D eigenvalue weighted by Gasteiger charge is 2.22. The van der Waals surface area contributed by atoms with E-state index in [1.54, 1.807) is 0 Å². The van der Waals surface area contributed by atoms with Crippen LogP contribution < -0.4 is 9.88 Å². The minimum Gasteiger partial charge on any atom is -0.340 e. The second-order valence-electron chi connectivity index (χ2n) is 6.67. The minimum atomic E-state index is 0.711. The molecule has 0 bridgehead atoms. The molecule has 0 aliphatic heterocycles. The van der Waals surface area contributed by atoms with Crippen molar-refractivity contribution in [2.75, 3.05) is 5.32 Å². The first-order valence-corrected chi connectivity index (χ1v) is 9.73. The molecule has 0 saturated carbocycles. The molecular weight excluding hydrogens is 362 g/mol. The summed E-state index contributed by atoms with van der Waals surface area (Å²) in [5, 5.41) is 3.39. The molecule has 1 aromatic heterocycles. The van der Waals surface area contributed by atoms with Crippen LogP contribution in [0.1, 0.15) is 17.0 Å². The van der Waals surface area contributed by atoms with Gasteiger partial charge >= 0.3 is 5.82 Å². The van der Waals surface area contributed by atoms with Crippen molar-refractivity contribution in [3.8, 4) is 0 Å². The lowest BCUT2D eigenvalue weighted by Crippen LogP contribution is -2.41. The van der Waals surface area contributed by atoms with Gasteiger partial charge in [0.2, 0.25) is 0 Å². The fourth-order valence-electron chi connectivity index (χ4n) is 3.25. The van der Waals surface area contributed by atoms with Crippen LogP contribution in [0.3, 0.4) is 0 Å². The molecule has 4 heteroatoms. The Balaban J connectivity index is 1.67. The Morgan fingerprint density at radius 1 is 0.786 bits per heavy atom. The Bertz CT molecular complexity index is 982. The lowest BCUT2D eigenvalue weighted by Gasteiger charge is -2.09. The van der Waals surface area contributed by atoms with Gasteiger partial charge in [0.05, 0.1) is 0 Å². The number of aromatic nitrogens is 2. The number of benzene rings is 3. The summed E-state index contributed by atoms with van der Waals surface area (Å²) in [7, 11) is 0. The molecule has 0 unspecified atom stereocenters. The molecule has 28 heavy (non-hydrogen) atoms. The van der Waals surface area contributed by atoms with E-state index in [2.05, 4.69) is 75.4 Å². The first-order valence-electron chi connectivity index (χ1n) is 9.32. The Morgan fingerprint density at radius 2 is 1.36 bits per heavy atom. The molecular formula is C24H22N3S+. The third-order valence-corrected chi connectivity index (χ3v) is 4.88. The number of hydrogen-bond donors (Lipinski definition) is 1. The predicted octanol–water partition coefficient (Wildman–Crippen LogP) is 4.66. The molecule has 1 N–H and O–H groups in total. The fourth-order valence-corrected chi connectivity index (χ4v) is 3.60. The van der Waals surface area contributed by atoms with E-state index in [0.29, 0.717) is 4.99 Å². The molecule has 0 spiro atoms. The number of nitrogens with zero attached hydrogens (tertiary/aromatic N) is 2. The molecule has 138 valence electrons. The van der Waals surface area contributed by atoms with Gasteiger partial charge in [0.25, 0.3) is 0 Å². The van der Waals surface area contributed by atoms with E-state index in [4.69, 9.17) is 12.2 Å². The summed E-state index contributed by atoms with van der Waals surface area (Å²) in [5.74, 6) is 0.992. The highest BCUT2D eigenvalue weighted by Crippen LogP contribution is 2.11. The summed E-state index contributed by atoms with van der Waals surface area (Å²) in [4.78, 5) is 0.711. The lowest BCUT2D eigenvalue weighted by molar-refractivity contribution is -0.688. The van der Waals surface area contributed by atoms with Crippen molar-refractivity contribution in [2.45, 2.75) is 13.1 Å². The van der Waals surface area contributed by atoms with Gasteiger partial charge in [-0.2, -0.15) is 0 Å². The van der Waals surface area contributed by atoms with Crippen molar-refractivity contribution >= 4 is 22.9 Å². The third kappa shape index (κ3) is 4.35. The zero-order valence-corrected chi connectivity index (χ0v) is 16.3. The number of thiocarbonyl (C=S) groups is 1. The molecule has 0 radical (unpaired) electrons. The van der Waals surface area contributed by atoms with Crippen LogP contribution in [0.2, 0.25) is 0 Å². The first kappa shape index (κ1) is 18.1. The number of rotatable bonds is 6. The Morgan fingerprint density at radius 3 is 2.00 bits per heavy atom. The maximum absolute atomic E-state index is 5.81. The van der Waals surface area contributed by atoms with Crippen LogP contribution in [0.15, 0.2) is 103 Å². The number of para-hydroxylation sites is 1.